The van der Waals surface area contributed by atoms with E-state index in [1.165, 1.54) is 26.0 Å². The third-order valence-corrected chi connectivity index (χ3v) is 5.32. The number of methoxy groups -OCH3 is 3. The maximum Gasteiger partial charge on any atom is 0.234 e. The highest BCUT2D eigenvalue weighted by atomic mass is 32.2. The zero-order chi connectivity index (χ0) is 23.1. The van der Waals surface area contributed by atoms with Gasteiger partial charge in [0.2, 0.25) is 16.8 Å². The van der Waals surface area contributed by atoms with Gasteiger partial charge in [0.15, 0.2) is 17.3 Å². The Kier molecular flexibility index (Phi) is 7.66. The Morgan fingerprint density at radius 1 is 1.06 bits per heavy atom. The fourth-order valence-corrected chi connectivity index (χ4v) is 3.61. The number of rotatable bonds is 10. The monoisotopic (exact) mass is 459 g/mol. The Morgan fingerprint density at radius 2 is 1.75 bits per heavy atom. The number of nitrogen functional groups attached to an aromatic ring is 1. The van der Waals surface area contributed by atoms with Crippen LogP contribution in [0.25, 0.3) is 11.4 Å². The van der Waals surface area contributed by atoms with Crippen LogP contribution in [0.3, 0.4) is 0 Å². The molecule has 32 heavy (non-hydrogen) atoms. The number of anilines is 1. The molecule has 0 bridgehead atoms. The fourth-order valence-electron chi connectivity index (χ4n) is 2.95. The summed E-state index contributed by atoms with van der Waals surface area (Å²) >= 11 is 1.16. The Morgan fingerprint density at radius 3 is 2.38 bits per heavy atom. The maximum absolute atomic E-state index is 12.4. The number of hydrogen-bond donors (Lipinski definition) is 2. The van der Waals surface area contributed by atoms with E-state index < -0.39 is 0 Å². The number of amides is 1. The first kappa shape index (κ1) is 23.1. The first-order chi connectivity index (χ1) is 15.5. The second-order valence-electron chi connectivity index (χ2n) is 6.36. The molecule has 1 amide bonds. The van der Waals surface area contributed by atoms with Gasteiger partial charge in [0, 0.05) is 5.56 Å². The van der Waals surface area contributed by atoms with Gasteiger partial charge in [-0.25, -0.2) is 4.68 Å². The zero-order valence-corrected chi connectivity index (χ0v) is 19.1. The molecule has 0 aliphatic heterocycles. The average Bonchev–Trinajstić information content (AvgIpc) is 3.18. The van der Waals surface area contributed by atoms with Crippen molar-refractivity contribution in [3.05, 3.63) is 36.4 Å². The molecular formula is C21H25N5O5S. The molecule has 1 aromatic heterocycles. The van der Waals surface area contributed by atoms with Crippen molar-refractivity contribution in [3.8, 4) is 34.4 Å². The van der Waals surface area contributed by atoms with Gasteiger partial charge in [-0.05, 0) is 31.2 Å². The van der Waals surface area contributed by atoms with Crippen LogP contribution in [0.5, 0.6) is 23.0 Å². The predicted octanol–water partition coefficient (Wildman–Crippen LogP) is 2.81. The summed E-state index contributed by atoms with van der Waals surface area (Å²) in [6, 6.07) is 10.7. The molecule has 3 aromatic rings. The summed E-state index contributed by atoms with van der Waals surface area (Å²) in [5, 5.41) is 11.5. The number of carbonyl (C=O) groups excluding carboxylic acids is 1. The number of thioether (sulfide) groups is 1. The standard InChI is InChI=1S/C21H25N5O5S/c1-5-31-15-9-7-6-8-14(15)23-18(27)12-32-21-25-24-20(26(21)22)13-10-16(28-2)19(30-4)17(11-13)29-3/h6-11H,5,12,22H2,1-4H3,(H,23,27). The van der Waals surface area contributed by atoms with Gasteiger partial charge in [0.25, 0.3) is 0 Å². The highest BCUT2D eigenvalue weighted by Gasteiger charge is 2.19. The van der Waals surface area contributed by atoms with Crippen molar-refractivity contribution in [1.29, 1.82) is 0 Å². The summed E-state index contributed by atoms with van der Waals surface area (Å²) in [6.45, 7) is 2.38. The van der Waals surface area contributed by atoms with Crippen molar-refractivity contribution >= 4 is 23.4 Å². The van der Waals surface area contributed by atoms with Crippen LogP contribution >= 0.6 is 11.8 Å². The number of nitrogens with zero attached hydrogens (tertiary/aromatic N) is 3. The molecule has 0 aliphatic rings. The SMILES string of the molecule is CCOc1ccccc1NC(=O)CSc1nnc(-c2cc(OC)c(OC)c(OC)c2)n1N. The van der Waals surface area contributed by atoms with Crippen LogP contribution in [0.15, 0.2) is 41.6 Å². The second kappa shape index (κ2) is 10.6. The van der Waals surface area contributed by atoms with Crippen molar-refractivity contribution < 1.29 is 23.7 Å². The van der Waals surface area contributed by atoms with Crippen LogP contribution in [0.1, 0.15) is 6.92 Å². The fraction of sp³-hybridized carbons (Fsp3) is 0.286. The predicted molar refractivity (Wildman–Crippen MR) is 122 cm³/mol. The molecule has 0 radical (unpaired) electrons. The summed E-state index contributed by atoms with van der Waals surface area (Å²) in [6.07, 6.45) is 0. The lowest BCUT2D eigenvalue weighted by atomic mass is 10.1. The van der Waals surface area contributed by atoms with Gasteiger partial charge < -0.3 is 30.1 Å². The van der Waals surface area contributed by atoms with Crippen LogP contribution in [-0.2, 0) is 4.79 Å². The van der Waals surface area contributed by atoms with E-state index >= 15 is 0 Å². The summed E-state index contributed by atoms with van der Waals surface area (Å²) in [4.78, 5) is 12.4. The van der Waals surface area contributed by atoms with Crippen LogP contribution in [0.2, 0.25) is 0 Å². The number of nitrogens with two attached hydrogens (primary N) is 1. The molecular weight excluding hydrogens is 434 g/mol. The Bertz CT molecular complexity index is 1060. The molecule has 10 nitrogen and oxygen atoms in total. The average molecular weight is 460 g/mol. The molecule has 3 rings (SSSR count). The lowest BCUT2D eigenvalue weighted by molar-refractivity contribution is -0.113. The quantitative estimate of drug-likeness (QED) is 0.348. The van der Waals surface area contributed by atoms with Gasteiger partial charge in [0.1, 0.15) is 5.75 Å². The highest BCUT2D eigenvalue weighted by Crippen LogP contribution is 2.41. The van der Waals surface area contributed by atoms with Crippen LogP contribution < -0.4 is 30.1 Å². The number of ether oxygens (including phenoxy) is 4. The summed E-state index contributed by atoms with van der Waals surface area (Å²) in [5.74, 6) is 8.44. The second-order valence-corrected chi connectivity index (χ2v) is 7.30. The van der Waals surface area contributed by atoms with E-state index in [4.69, 9.17) is 24.8 Å². The summed E-state index contributed by atoms with van der Waals surface area (Å²) in [5.41, 5.74) is 1.23. The van der Waals surface area contributed by atoms with Crippen molar-refractivity contribution in [1.82, 2.24) is 14.9 Å². The zero-order valence-electron chi connectivity index (χ0n) is 18.2. The minimum absolute atomic E-state index is 0.0883. The number of carbonyl (C=O) groups is 1. The largest absolute Gasteiger partial charge is 0.493 e. The molecule has 0 spiro atoms. The van der Waals surface area contributed by atoms with Crippen molar-refractivity contribution in [2.45, 2.75) is 12.1 Å². The van der Waals surface area contributed by atoms with E-state index in [9.17, 15) is 4.79 Å². The minimum Gasteiger partial charge on any atom is -0.493 e. The normalized spacial score (nSPS) is 10.5. The van der Waals surface area contributed by atoms with E-state index in [1.54, 1.807) is 24.3 Å². The van der Waals surface area contributed by atoms with Gasteiger partial charge in [-0.2, -0.15) is 0 Å². The first-order valence-corrected chi connectivity index (χ1v) is 10.7. The van der Waals surface area contributed by atoms with Gasteiger partial charge >= 0.3 is 0 Å². The van der Waals surface area contributed by atoms with Crippen LogP contribution in [0.4, 0.5) is 5.69 Å². The van der Waals surface area contributed by atoms with Crippen LogP contribution in [-0.4, -0.2) is 54.5 Å². The smallest absolute Gasteiger partial charge is 0.234 e. The lowest BCUT2D eigenvalue weighted by Gasteiger charge is -2.13. The Hall–Kier alpha value is -3.60. The number of para-hydroxylation sites is 2. The van der Waals surface area contributed by atoms with E-state index in [0.717, 1.165) is 11.8 Å². The molecule has 0 unspecified atom stereocenters. The van der Waals surface area contributed by atoms with Crippen molar-refractivity contribution in [2.24, 2.45) is 0 Å². The number of hydrogen-bond acceptors (Lipinski definition) is 9. The summed E-state index contributed by atoms with van der Waals surface area (Å²) in [7, 11) is 4.58. The third kappa shape index (κ3) is 4.99. The molecule has 2 aromatic carbocycles. The van der Waals surface area contributed by atoms with Crippen LogP contribution in [0, 0.1) is 0 Å². The molecule has 0 fully saturated rings. The Balaban J connectivity index is 1.74. The van der Waals surface area contributed by atoms with Gasteiger partial charge in [-0.15, -0.1) is 10.2 Å². The molecule has 11 heteroatoms. The molecule has 3 N–H and O–H groups in total. The van der Waals surface area contributed by atoms with E-state index in [-0.39, 0.29) is 11.7 Å². The topological polar surface area (TPSA) is 123 Å². The molecule has 0 saturated carbocycles. The third-order valence-electron chi connectivity index (χ3n) is 4.38. The molecule has 0 atom stereocenters. The number of nitrogens with one attached hydrogen (secondary N) is 1. The molecule has 0 saturated heterocycles. The number of aromatic nitrogens is 3. The number of benzene rings is 2. The van der Waals surface area contributed by atoms with E-state index in [2.05, 4.69) is 15.5 Å². The first-order valence-electron chi connectivity index (χ1n) is 9.67. The maximum atomic E-state index is 12.4. The van der Waals surface area contributed by atoms with Gasteiger partial charge in [-0.1, -0.05) is 23.9 Å². The molecule has 170 valence electrons. The van der Waals surface area contributed by atoms with Gasteiger partial charge in [0.05, 0.1) is 39.4 Å². The van der Waals surface area contributed by atoms with Crippen molar-refractivity contribution in [2.75, 3.05) is 44.8 Å². The van der Waals surface area contributed by atoms with Crippen molar-refractivity contribution in [3.63, 3.8) is 0 Å². The summed E-state index contributed by atoms with van der Waals surface area (Å²) < 4.78 is 22.9. The van der Waals surface area contributed by atoms with E-state index in [1.807, 2.05) is 19.1 Å². The lowest BCUT2D eigenvalue weighted by Crippen LogP contribution is -2.17. The van der Waals surface area contributed by atoms with E-state index in [0.29, 0.717) is 51.8 Å². The minimum atomic E-state index is -0.223. The highest BCUT2D eigenvalue weighted by molar-refractivity contribution is 7.99. The van der Waals surface area contributed by atoms with Gasteiger partial charge in [-0.3, -0.25) is 4.79 Å². The molecule has 1 heterocycles. The molecule has 0 aliphatic carbocycles. The Labute approximate surface area is 190 Å².